The molecule has 0 saturated heterocycles. The van der Waals surface area contributed by atoms with Crippen molar-refractivity contribution in [2.45, 2.75) is 12.7 Å². The van der Waals surface area contributed by atoms with Crippen LogP contribution in [-0.4, -0.2) is 9.78 Å². The molecule has 0 spiro atoms. The zero-order chi connectivity index (χ0) is 19.2. The number of halogens is 3. The number of fused-ring (bicyclic) bond motifs is 3. The molecule has 0 aliphatic carbocycles. The Hall–Kier alpha value is -3.60. The minimum absolute atomic E-state index is 0.117. The smallest absolute Gasteiger partial charge is 0.416 e. The average molecular weight is 369 g/mol. The van der Waals surface area contributed by atoms with E-state index in [1.54, 1.807) is 24.3 Å². The number of hydrogen-bond donors (Lipinski definition) is 0. The van der Waals surface area contributed by atoms with Crippen molar-refractivity contribution in [3.8, 4) is 28.7 Å². The number of para-hydroxylation sites is 1. The summed E-state index contributed by atoms with van der Waals surface area (Å²) in [6, 6.07) is 13.1. The summed E-state index contributed by atoms with van der Waals surface area (Å²) in [5.74, 6) is 0.117. The van der Waals surface area contributed by atoms with Gasteiger partial charge in [0, 0.05) is 10.9 Å². The van der Waals surface area contributed by atoms with Crippen LogP contribution in [0.2, 0.25) is 0 Å². The molecule has 0 saturated carbocycles. The summed E-state index contributed by atoms with van der Waals surface area (Å²) in [5, 5.41) is 13.7. The zero-order valence-electron chi connectivity index (χ0n) is 13.6. The third-order valence-electron chi connectivity index (χ3n) is 4.18. The molecular weight excluding hydrogens is 359 g/mol. The molecule has 2 heterocycles. The van der Waals surface area contributed by atoms with Crippen LogP contribution in [0.15, 0.2) is 57.7 Å². The van der Waals surface area contributed by atoms with Crippen LogP contribution >= 0.6 is 0 Å². The molecule has 2 aromatic carbocycles. The number of alkyl halides is 3. The second-order valence-corrected chi connectivity index (χ2v) is 5.85. The van der Waals surface area contributed by atoms with Crippen LogP contribution in [0, 0.1) is 11.3 Å². The van der Waals surface area contributed by atoms with E-state index < -0.39 is 17.3 Å². The van der Waals surface area contributed by atoms with Crippen molar-refractivity contribution in [1.29, 1.82) is 5.26 Å². The first-order chi connectivity index (χ1) is 12.9. The van der Waals surface area contributed by atoms with Gasteiger partial charge in [0.15, 0.2) is 0 Å². The Morgan fingerprint density at radius 2 is 1.81 bits per heavy atom. The van der Waals surface area contributed by atoms with Gasteiger partial charge in [0.05, 0.1) is 11.6 Å². The lowest BCUT2D eigenvalue weighted by Crippen LogP contribution is -2.16. The van der Waals surface area contributed by atoms with E-state index in [1.807, 2.05) is 6.07 Å². The van der Waals surface area contributed by atoms with Gasteiger partial charge < -0.3 is 4.42 Å². The van der Waals surface area contributed by atoms with Crippen LogP contribution in [-0.2, 0) is 12.7 Å². The van der Waals surface area contributed by atoms with Crippen LogP contribution in [0.3, 0.4) is 0 Å². The Morgan fingerprint density at radius 3 is 2.48 bits per heavy atom. The highest BCUT2D eigenvalue weighted by Gasteiger charge is 2.31. The quantitative estimate of drug-likeness (QED) is 0.528. The lowest BCUT2D eigenvalue weighted by atomic mass is 10.0. The number of aromatic nitrogens is 2. The topological polar surface area (TPSA) is 71.8 Å². The predicted octanol–water partition coefficient (Wildman–Crippen LogP) is 4.30. The van der Waals surface area contributed by atoms with E-state index in [1.165, 1.54) is 12.1 Å². The van der Waals surface area contributed by atoms with E-state index in [4.69, 9.17) is 9.68 Å². The fourth-order valence-electron chi connectivity index (χ4n) is 2.94. The lowest BCUT2D eigenvalue weighted by molar-refractivity contribution is -0.137. The SMILES string of the molecule is N#CCn1nc2c3ccccc3oc(-c3ccc(C(F)(F)F)cc3)c-2c1=O. The van der Waals surface area contributed by atoms with Crippen molar-refractivity contribution < 1.29 is 17.6 Å². The van der Waals surface area contributed by atoms with Crippen molar-refractivity contribution >= 4 is 11.0 Å². The van der Waals surface area contributed by atoms with Gasteiger partial charge in [-0.15, -0.1) is 0 Å². The highest BCUT2D eigenvalue weighted by atomic mass is 19.4. The van der Waals surface area contributed by atoms with Crippen LogP contribution in [0.4, 0.5) is 13.2 Å². The van der Waals surface area contributed by atoms with Gasteiger partial charge in [-0.3, -0.25) is 4.79 Å². The van der Waals surface area contributed by atoms with Gasteiger partial charge in [-0.25, -0.2) is 4.68 Å². The minimum Gasteiger partial charge on any atom is -0.455 e. The summed E-state index contributed by atoms with van der Waals surface area (Å²) >= 11 is 0. The molecule has 0 amide bonds. The van der Waals surface area contributed by atoms with Crippen molar-refractivity contribution in [1.82, 2.24) is 9.78 Å². The van der Waals surface area contributed by atoms with Crippen molar-refractivity contribution in [2.75, 3.05) is 0 Å². The van der Waals surface area contributed by atoms with Gasteiger partial charge in [-0.1, -0.05) is 24.3 Å². The molecular formula is C19H10F3N3O2. The van der Waals surface area contributed by atoms with E-state index in [9.17, 15) is 18.0 Å². The number of nitrogens with zero attached hydrogens (tertiary/aromatic N) is 3. The molecule has 2 aliphatic heterocycles. The Balaban J connectivity index is 2.02. The summed E-state index contributed by atoms with van der Waals surface area (Å²) < 4.78 is 45.3. The monoisotopic (exact) mass is 369 g/mol. The zero-order valence-corrected chi connectivity index (χ0v) is 13.6. The van der Waals surface area contributed by atoms with Gasteiger partial charge in [-0.2, -0.15) is 23.5 Å². The molecule has 0 N–H and O–H groups in total. The summed E-state index contributed by atoms with van der Waals surface area (Å²) in [7, 11) is 0. The summed E-state index contributed by atoms with van der Waals surface area (Å²) in [6.45, 7) is -0.242. The van der Waals surface area contributed by atoms with Gasteiger partial charge in [0.1, 0.15) is 29.1 Å². The molecule has 0 bridgehead atoms. The number of hydrogen-bond acceptors (Lipinski definition) is 4. The molecule has 0 aromatic heterocycles. The van der Waals surface area contributed by atoms with Gasteiger partial charge in [-0.05, 0) is 24.3 Å². The first-order valence-corrected chi connectivity index (χ1v) is 7.87. The highest BCUT2D eigenvalue weighted by Crippen LogP contribution is 2.38. The Kier molecular flexibility index (Phi) is 3.73. The number of nitriles is 1. The second kappa shape index (κ2) is 5.99. The average Bonchev–Trinajstić information content (AvgIpc) is 2.98. The molecule has 0 radical (unpaired) electrons. The van der Waals surface area contributed by atoms with E-state index in [2.05, 4.69) is 5.10 Å². The van der Waals surface area contributed by atoms with E-state index in [0.717, 1.165) is 16.8 Å². The van der Waals surface area contributed by atoms with Crippen LogP contribution in [0.25, 0.3) is 33.6 Å². The normalized spacial score (nSPS) is 11.8. The van der Waals surface area contributed by atoms with Crippen molar-refractivity contribution in [3.63, 3.8) is 0 Å². The van der Waals surface area contributed by atoms with Crippen molar-refractivity contribution in [3.05, 3.63) is 64.4 Å². The highest BCUT2D eigenvalue weighted by molar-refractivity contribution is 5.96. The molecule has 4 rings (SSSR count). The van der Waals surface area contributed by atoms with Crippen LogP contribution in [0.1, 0.15) is 5.56 Å². The molecule has 5 nitrogen and oxygen atoms in total. The molecule has 0 unspecified atom stereocenters. The lowest BCUT2D eigenvalue weighted by Gasteiger charge is -2.10. The van der Waals surface area contributed by atoms with E-state index >= 15 is 0 Å². The van der Waals surface area contributed by atoms with E-state index in [-0.39, 0.29) is 17.9 Å². The molecule has 8 heteroatoms. The maximum atomic E-state index is 12.8. The Bertz CT molecular complexity index is 1210. The number of rotatable bonds is 2. The fourth-order valence-corrected chi connectivity index (χ4v) is 2.94. The third-order valence-corrected chi connectivity index (χ3v) is 4.18. The number of benzene rings is 2. The first kappa shape index (κ1) is 16.8. The van der Waals surface area contributed by atoms with Crippen LogP contribution in [0.5, 0.6) is 0 Å². The summed E-state index contributed by atoms with van der Waals surface area (Å²) in [5.41, 5.74) is -0.119. The van der Waals surface area contributed by atoms with Crippen LogP contribution < -0.4 is 5.56 Å². The predicted molar refractivity (Wildman–Crippen MR) is 90.9 cm³/mol. The van der Waals surface area contributed by atoms with Gasteiger partial charge in [0.2, 0.25) is 0 Å². The Labute approximate surface area is 150 Å². The molecule has 27 heavy (non-hydrogen) atoms. The minimum atomic E-state index is -4.46. The maximum Gasteiger partial charge on any atom is 0.416 e. The second-order valence-electron chi connectivity index (χ2n) is 5.85. The molecule has 0 fully saturated rings. The van der Waals surface area contributed by atoms with Gasteiger partial charge >= 0.3 is 6.18 Å². The summed E-state index contributed by atoms with van der Waals surface area (Å²) in [4.78, 5) is 12.7. The summed E-state index contributed by atoms with van der Waals surface area (Å²) in [6.07, 6.45) is -4.46. The van der Waals surface area contributed by atoms with E-state index in [0.29, 0.717) is 22.2 Å². The fraction of sp³-hybridized carbons (Fsp3) is 0.105. The largest absolute Gasteiger partial charge is 0.455 e. The molecule has 0 atom stereocenters. The molecule has 2 aliphatic rings. The van der Waals surface area contributed by atoms with Crippen molar-refractivity contribution in [2.24, 2.45) is 0 Å². The third kappa shape index (κ3) is 2.73. The van der Waals surface area contributed by atoms with Gasteiger partial charge in [0.25, 0.3) is 5.56 Å². The first-order valence-electron chi connectivity index (χ1n) is 7.87. The standard InChI is InChI=1S/C19H10F3N3O2/c20-19(21,22)12-7-5-11(6-8-12)17-15-16(24-25(10-9-23)18(15)26)13-3-1-2-4-14(13)27-17/h1-8H,10H2. The maximum absolute atomic E-state index is 12.8. The molecule has 2 aromatic rings. The Morgan fingerprint density at radius 1 is 1.11 bits per heavy atom. The molecule has 134 valence electrons.